The van der Waals surface area contributed by atoms with Gasteiger partial charge in [-0.3, -0.25) is 0 Å². The second kappa shape index (κ2) is 7.90. The van der Waals surface area contributed by atoms with E-state index in [0.717, 1.165) is 11.7 Å². The maximum atomic E-state index is 5.40. The van der Waals surface area contributed by atoms with Crippen LogP contribution in [0.1, 0.15) is 47.1 Å². The monoisotopic (exact) mass is 363 g/mol. The van der Waals surface area contributed by atoms with E-state index in [1.807, 2.05) is 11.3 Å². The molecule has 24 heavy (non-hydrogen) atoms. The minimum Gasteiger partial charge on any atom is -0.497 e. The Bertz CT molecular complexity index is 658. The Labute approximate surface area is 155 Å². The number of methoxy groups -OCH3 is 1. The number of halogens is 1. The van der Waals surface area contributed by atoms with E-state index < -0.39 is 0 Å². The third-order valence-corrected chi connectivity index (χ3v) is 6.52. The Morgan fingerprint density at radius 1 is 1.25 bits per heavy atom. The normalized spacial score (nSPS) is 23.5. The van der Waals surface area contributed by atoms with Crippen LogP contribution in [0.5, 0.6) is 5.75 Å². The summed E-state index contributed by atoms with van der Waals surface area (Å²) >= 11 is 1.92. The van der Waals surface area contributed by atoms with E-state index >= 15 is 0 Å². The summed E-state index contributed by atoms with van der Waals surface area (Å²) in [5, 5.41) is 2.21. The first-order chi connectivity index (χ1) is 11.3. The summed E-state index contributed by atoms with van der Waals surface area (Å²) in [6.45, 7) is 3.72. The van der Waals surface area contributed by atoms with Gasteiger partial charge in [-0.15, -0.1) is 23.7 Å². The Hall–Kier alpha value is -1.03. The minimum atomic E-state index is 0. The molecule has 2 aromatic rings. The van der Waals surface area contributed by atoms with Crippen LogP contribution in [0.4, 0.5) is 0 Å². The first-order valence-electron chi connectivity index (χ1n) is 8.76. The van der Waals surface area contributed by atoms with Crippen molar-refractivity contribution < 1.29 is 4.74 Å². The van der Waals surface area contributed by atoms with Crippen LogP contribution >= 0.6 is 23.7 Å². The molecule has 0 amide bonds. The Kier molecular flexibility index (Phi) is 5.85. The van der Waals surface area contributed by atoms with Gasteiger partial charge >= 0.3 is 0 Å². The van der Waals surface area contributed by atoms with Crippen molar-refractivity contribution in [3.8, 4) is 5.75 Å². The van der Waals surface area contributed by atoms with Crippen molar-refractivity contribution >= 4 is 23.7 Å². The van der Waals surface area contributed by atoms with Crippen LogP contribution in [-0.2, 0) is 6.42 Å². The van der Waals surface area contributed by atoms with Crippen LogP contribution in [0.25, 0.3) is 0 Å². The molecule has 0 radical (unpaired) electrons. The average Bonchev–Trinajstić information content (AvgIpc) is 3.26. The molecule has 130 valence electrons. The number of fused-ring (bicyclic) bond motifs is 1. The highest BCUT2D eigenvalue weighted by Gasteiger charge is 2.28. The number of hydrogen-bond acceptors (Lipinski definition) is 3. The van der Waals surface area contributed by atoms with Crippen LogP contribution in [0.2, 0.25) is 0 Å². The van der Waals surface area contributed by atoms with Gasteiger partial charge in [0.2, 0.25) is 0 Å². The van der Waals surface area contributed by atoms with Crippen LogP contribution in [0.15, 0.2) is 35.7 Å². The van der Waals surface area contributed by atoms with Crippen LogP contribution in [0, 0.1) is 0 Å². The minimum absolute atomic E-state index is 0. The standard InChI is InChI=1S/C20H25NOS.ClH/c1-22-18-7-8-19-15(12-18)4-2-5-16(19)13-21-10-9-17(14-21)20-6-3-11-23-20;/h3,6-8,11-12,16-17H,2,4-5,9-10,13-14H2,1H3;1H. The quantitative estimate of drug-likeness (QED) is 0.750. The number of benzene rings is 1. The first kappa shape index (κ1) is 17.8. The third-order valence-electron chi connectivity index (χ3n) is 5.49. The SMILES string of the molecule is COc1ccc2c(c1)CCCC2CN1CCC(c2cccs2)C1.Cl. The summed E-state index contributed by atoms with van der Waals surface area (Å²) < 4.78 is 5.40. The van der Waals surface area contributed by atoms with Crippen LogP contribution in [-0.4, -0.2) is 31.6 Å². The first-order valence-corrected chi connectivity index (χ1v) is 9.64. The van der Waals surface area contributed by atoms with E-state index in [0.29, 0.717) is 5.92 Å². The molecule has 1 aliphatic heterocycles. The Morgan fingerprint density at radius 2 is 2.17 bits per heavy atom. The lowest BCUT2D eigenvalue weighted by atomic mass is 9.82. The van der Waals surface area contributed by atoms with Gasteiger partial charge < -0.3 is 9.64 Å². The van der Waals surface area contributed by atoms with Crippen molar-refractivity contribution in [2.45, 2.75) is 37.5 Å². The molecule has 2 aliphatic rings. The zero-order valence-corrected chi connectivity index (χ0v) is 15.9. The molecular formula is C20H26ClNOS. The van der Waals surface area contributed by atoms with Crippen molar-refractivity contribution in [1.82, 2.24) is 4.90 Å². The predicted molar refractivity (Wildman–Crippen MR) is 104 cm³/mol. The number of aryl methyl sites for hydroxylation is 1. The Morgan fingerprint density at radius 3 is 2.96 bits per heavy atom. The van der Waals surface area contributed by atoms with E-state index in [1.165, 1.54) is 50.9 Å². The number of nitrogens with zero attached hydrogens (tertiary/aromatic N) is 1. The summed E-state index contributed by atoms with van der Waals surface area (Å²) in [4.78, 5) is 4.26. The Balaban J connectivity index is 0.00000169. The lowest BCUT2D eigenvalue weighted by Crippen LogP contribution is -2.28. The highest BCUT2D eigenvalue weighted by Crippen LogP contribution is 2.37. The van der Waals surface area contributed by atoms with Gasteiger partial charge in [-0.1, -0.05) is 12.1 Å². The fourth-order valence-electron chi connectivity index (χ4n) is 4.27. The molecule has 0 N–H and O–H groups in total. The zero-order valence-electron chi connectivity index (χ0n) is 14.2. The molecule has 4 heteroatoms. The highest BCUT2D eigenvalue weighted by atomic mass is 35.5. The topological polar surface area (TPSA) is 12.5 Å². The number of likely N-dealkylation sites (tertiary alicyclic amines) is 1. The number of ether oxygens (including phenoxy) is 1. The molecule has 2 atom stereocenters. The van der Waals surface area contributed by atoms with Crippen molar-refractivity contribution in [3.63, 3.8) is 0 Å². The molecule has 0 spiro atoms. The van der Waals surface area contributed by atoms with Crippen LogP contribution < -0.4 is 4.74 Å². The molecule has 1 fully saturated rings. The summed E-state index contributed by atoms with van der Waals surface area (Å²) in [6.07, 6.45) is 5.18. The lowest BCUT2D eigenvalue weighted by Gasteiger charge is -2.29. The van der Waals surface area contributed by atoms with E-state index in [9.17, 15) is 0 Å². The van der Waals surface area contributed by atoms with Gasteiger partial charge in [0.1, 0.15) is 5.75 Å². The largest absolute Gasteiger partial charge is 0.497 e. The molecule has 1 aromatic carbocycles. The fraction of sp³-hybridized carbons (Fsp3) is 0.500. The molecule has 0 bridgehead atoms. The lowest BCUT2D eigenvalue weighted by molar-refractivity contribution is 0.297. The molecule has 1 aromatic heterocycles. The maximum Gasteiger partial charge on any atom is 0.119 e. The van der Waals surface area contributed by atoms with Crippen LogP contribution in [0.3, 0.4) is 0 Å². The molecule has 1 saturated heterocycles. The van der Waals surface area contributed by atoms with Gasteiger partial charge in [0.25, 0.3) is 0 Å². The van der Waals surface area contributed by atoms with E-state index in [-0.39, 0.29) is 12.4 Å². The highest BCUT2D eigenvalue weighted by molar-refractivity contribution is 7.10. The van der Waals surface area contributed by atoms with Gasteiger partial charge in [-0.25, -0.2) is 0 Å². The van der Waals surface area contributed by atoms with Gasteiger partial charge in [0, 0.05) is 23.9 Å². The van der Waals surface area contributed by atoms with E-state index in [1.54, 1.807) is 17.6 Å². The second-order valence-electron chi connectivity index (χ2n) is 6.91. The smallest absolute Gasteiger partial charge is 0.119 e. The van der Waals surface area contributed by atoms with Crippen molar-refractivity contribution in [1.29, 1.82) is 0 Å². The molecule has 2 unspecified atom stereocenters. The number of thiophene rings is 1. The second-order valence-corrected chi connectivity index (χ2v) is 7.89. The van der Waals surface area contributed by atoms with E-state index in [2.05, 4.69) is 40.6 Å². The van der Waals surface area contributed by atoms with Crippen molar-refractivity contribution in [2.24, 2.45) is 0 Å². The molecule has 4 rings (SSSR count). The van der Waals surface area contributed by atoms with Crippen molar-refractivity contribution in [3.05, 3.63) is 51.7 Å². The number of rotatable bonds is 4. The third kappa shape index (κ3) is 3.63. The molecule has 2 nitrogen and oxygen atoms in total. The summed E-state index contributed by atoms with van der Waals surface area (Å²) in [6, 6.07) is 11.2. The molecule has 1 aliphatic carbocycles. The average molecular weight is 364 g/mol. The van der Waals surface area contributed by atoms with Gasteiger partial charge in [0.15, 0.2) is 0 Å². The molecule has 0 saturated carbocycles. The maximum absolute atomic E-state index is 5.40. The zero-order chi connectivity index (χ0) is 15.6. The number of hydrogen-bond donors (Lipinski definition) is 0. The summed E-state index contributed by atoms with van der Waals surface area (Å²) in [5.74, 6) is 2.46. The molecular weight excluding hydrogens is 338 g/mol. The van der Waals surface area contributed by atoms with Crippen molar-refractivity contribution in [2.75, 3.05) is 26.7 Å². The fourth-order valence-corrected chi connectivity index (χ4v) is 5.13. The summed E-state index contributed by atoms with van der Waals surface area (Å²) in [7, 11) is 1.76. The summed E-state index contributed by atoms with van der Waals surface area (Å²) in [5.41, 5.74) is 3.08. The predicted octanol–water partition coefficient (Wildman–Crippen LogP) is 5.09. The van der Waals surface area contributed by atoms with Gasteiger partial charge in [-0.2, -0.15) is 0 Å². The van der Waals surface area contributed by atoms with Gasteiger partial charge in [-0.05, 0) is 72.9 Å². The molecule has 2 heterocycles. The van der Waals surface area contributed by atoms with E-state index in [4.69, 9.17) is 4.74 Å². The van der Waals surface area contributed by atoms with Gasteiger partial charge in [0.05, 0.1) is 7.11 Å².